The van der Waals surface area contributed by atoms with E-state index in [2.05, 4.69) is 6.58 Å². The minimum absolute atomic E-state index is 0.0187. The lowest BCUT2D eigenvalue weighted by Crippen LogP contribution is -2.69. The molecule has 6 aromatic rings. The SMILES string of the molecule is C=CCOC1C(OCc2ccccc2)C(COCc2ccccc2)OC(OC2C(O)C(COCc3ccccc3)OC(Oc3ccc(OC)cc3)C2N2C(=O)c3ccccc3C2=O)C1OCc1ccccc1. The fraction of sp³-hybridized carbons (Fsp3) is 0.310. The number of amides is 2. The number of hydrogen-bond acceptors (Lipinski definition) is 13. The summed E-state index contributed by atoms with van der Waals surface area (Å²) in [5.41, 5.74) is 3.97. The van der Waals surface area contributed by atoms with Gasteiger partial charge < -0.3 is 52.5 Å². The van der Waals surface area contributed by atoms with Gasteiger partial charge in [-0.15, -0.1) is 6.58 Å². The molecular formula is C58H59NO13. The monoisotopic (exact) mass is 977 g/mol. The van der Waals surface area contributed by atoms with Gasteiger partial charge in [-0.1, -0.05) is 140 Å². The summed E-state index contributed by atoms with van der Waals surface area (Å²) in [5.74, 6) is -0.346. The van der Waals surface area contributed by atoms with Crippen molar-refractivity contribution in [2.24, 2.45) is 0 Å². The van der Waals surface area contributed by atoms with Gasteiger partial charge in [-0.05, 0) is 58.7 Å². The number of fused-ring (bicyclic) bond motifs is 1. The molecule has 10 atom stereocenters. The van der Waals surface area contributed by atoms with E-state index in [1.807, 2.05) is 121 Å². The number of aliphatic hydroxyl groups is 1. The Morgan fingerprint density at radius 2 is 0.986 bits per heavy atom. The Hall–Kier alpha value is -6.56. The molecule has 2 saturated heterocycles. The van der Waals surface area contributed by atoms with Gasteiger partial charge in [-0.3, -0.25) is 14.5 Å². The van der Waals surface area contributed by atoms with E-state index in [9.17, 15) is 14.7 Å². The van der Waals surface area contributed by atoms with Gasteiger partial charge in [0, 0.05) is 0 Å². The number of hydrogen-bond donors (Lipinski definition) is 1. The van der Waals surface area contributed by atoms with E-state index < -0.39 is 73.2 Å². The summed E-state index contributed by atoms with van der Waals surface area (Å²) in [6.07, 6.45) is -8.94. The van der Waals surface area contributed by atoms with Crippen LogP contribution < -0.4 is 9.47 Å². The summed E-state index contributed by atoms with van der Waals surface area (Å²) < 4.78 is 65.8. The highest BCUT2D eigenvalue weighted by Crippen LogP contribution is 2.39. The van der Waals surface area contributed by atoms with Crippen LogP contribution in [0.4, 0.5) is 0 Å². The lowest BCUT2D eigenvalue weighted by Gasteiger charge is -2.50. The average Bonchev–Trinajstić information content (AvgIpc) is 3.67. The lowest BCUT2D eigenvalue weighted by atomic mass is 9.94. The van der Waals surface area contributed by atoms with Gasteiger partial charge in [-0.2, -0.15) is 0 Å². The third kappa shape index (κ3) is 12.2. The molecule has 0 bridgehead atoms. The van der Waals surface area contributed by atoms with Gasteiger partial charge in [0.05, 0.1) is 64.5 Å². The van der Waals surface area contributed by atoms with Crippen LogP contribution in [0.3, 0.4) is 0 Å². The minimum atomic E-state index is -1.56. The van der Waals surface area contributed by atoms with Crippen molar-refractivity contribution in [1.82, 2.24) is 4.90 Å². The predicted octanol–water partition coefficient (Wildman–Crippen LogP) is 8.11. The first kappa shape index (κ1) is 50.4. The van der Waals surface area contributed by atoms with Crippen molar-refractivity contribution in [3.63, 3.8) is 0 Å². The molecule has 14 heteroatoms. The summed E-state index contributed by atoms with van der Waals surface area (Å²) in [4.78, 5) is 30.4. The summed E-state index contributed by atoms with van der Waals surface area (Å²) in [5, 5.41) is 12.8. The zero-order valence-corrected chi connectivity index (χ0v) is 40.0. The third-order valence-corrected chi connectivity index (χ3v) is 12.7. The van der Waals surface area contributed by atoms with Gasteiger partial charge in [0.25, 0.3) is 11.8 Å². The minimum Gasteiger partial charge on any atom is -0.497 e. The van der Waals surface area contributed by atoms with E-state index in [4.69, 9.17) is 47.4 Å². The molecule has 9 rings (SSSR count). The van der Waals surface area contributed by atoms with Gasteiger partial charge >= 0.3 is 0 Å². The molecule has 0 saturated carbocycles. The van der Waals surface area contributed by atoms with Crippen molar-refractivity contribution in [3.05, 3.63) is 216 Å². The van der Waals surface area contributed by atoms with Crippen LogP contribution in [0.1, 0.15) is 43.0 Å². The van der Waals surface area contributed by atoms with Crippen molar-refractivity contribution in [3.8, 4) is 11.5 Å². The van der Waals surface area contributed by atoms with Crippen LogP contribution in [-0.4, -0.2) is 110 Å². The van der Waals surface area contributed by atoms with Crippen molar-refractivity contribution >= 4 is 11.8 Å². The van der Waals surface area contributed by atoms with E-state index in [0.717, 1.165) is 27.2 Å². The zero-order chi connectivity index (χ0) is 49.7. The van der Waals surface area contributed by atoms with Gasteiger partial charge in [0.1, 0.15) is 60.3 Å². The first-order valence-electron chi connectivity index (χ1n) is 24.1. The van der Waals surface area contributed by atoms with Gasteiger partial charge in [0.15, 0.2) is 6.29 Å². The highest BCUT2D eigenvalue weighted by atomic mass is 16.7. The second kappa shape index (κ2) is 24.7. The Balaban J connectivity index is 1.12. The highest BCUT2D eigenvalue weighted by molar-refractivity contribution is 6.21. The second-order valence-corrected chi connectivity index (χ2v) is 17.6. The number of methoxy groups -OCH3 is 1. The number of carbonyl (C=O) groups excluding carboxylic acids is 2. The maximum atomic E-state index is 14.7. The van der Waals surface area contributed by atoms with Crippen LogP contribution in [0.2, 0.25) is 0 Å². The van der Waals surface area contributed by atoms with Crippen molar-refractivity contribution in [1.29, 1.82) is 0 Å². The number of carbonyl (C=O) groups is 2. The standard InChI is InChI=1S/C58H59NO13/c1-3-32-66-53-51(67-35-41-22-12-6-13-23-41)48(38-65-34-40-20-10-5-11-21-40)71-58(54(53)68-36-42-24-14-7-15-25-42)72-52-49(59-55(61)45-26-16-17-27-46(45)56(59)62)57(69-44-30-28-43(63-2)29-31-44)70-47(50(52)60)37-64-33-39-18-8-4-9-19-39/h3-31,47-54,57-58,60H,1,32-38H2,2H3. The van der Waals surface area contributed by atoms with Crippen LogP contribution >= 0.6 is 0 Å². The average molecular weight is 978 g/mol. The summed E-state index contributed by atoms with van der Waals surface area (Å²) in [6, 6.07) is 50.6. The second-order valence-electron chi connectivity index (χ2n) is 17.6. The molecule has 0 spiro atoms. The number of benzene rings is 6. The van der Waals surface area contributed by atoms with E-state index in [1.54, 1.807) is 61.7 Å². The molecule has 3 aliphatic rings. The van der Waals surface area contributed by atoms with E-state index in [1.165, 1.54) is 0 Å². The third-order valence-electron chi connectivity index (χ3n) is 12.7. The smallest absolute Gasteiger partial charge is 0.262 e. The number of rotatable bonds is 23. The number of imide groups is 1. The molecular weight excluding hydrogens is 919 g/mol. The molecule has 3 aliphatic heterocycles. The molecule has 0 aromatic heterocycles. The van der Waals surface area contributed by atoms with Crippen molar-refractivity contribution < 1.29 is 62.1 Å². The molecule has 10 unspecified atom stereocenters. The molecule has 0 radical (unpaired) electrons. The summed E-state index contributed by atoms with van der Waals surface area (Å²) in [7, 11) is 1.55. The highest BCUT2D eigenvalue weighted by Gasteiger charge is 2.58. The Kier molecular flexibility index (Phi) is 17.3. The van der Waals surface area contributed by atoms with Crippen LogP contribution in [0.25, 0.3) is 0 Å². The van der Waals surface area contributed by atoms with Gasteiger partial charge in [-0.25, -0.2) is 0 Å². The maximum Gasteiger partial charge on any atom is 0.262 e. The number of aliphatic hydroxyl groups excluding tert-OH is 1. The Morgan fingerprint density at radius 3 is 1.50 bits per heavy atom. The molecule has 0 aliphatic carbocycles. The van der Waals surface area contributed by atoms with E-state index in [0.29, 0.717) is 11.5 Å². The molecule has 2 amide bonds. The first-order chi connectivity index (χ1) is 35.4. The van der Waals surface area contributed by atoms with E-state index >= 15 is 0 Å². The molecule has 1 N–H and O–H groups in total. The molecule has 374 valence electrons. The molecule has 3 heterocycles. The summed E-state index contributed by atoms with van der Waals surface area (Å²) >= 11 is 0. The first-order valence-corrected chi connectivity index (χ1v) is 24.1. The fourth-order valence-electron chi connectivity index (χ4n) is 9.12. The van der Waals surface area contributed by atoms with Crippen molar-refractivity contribution in [2.45, 2.75) is 87.8 Å². The lowest BCUT2D eigenvalue weighted by molar-refractivity contribution is -0.357. The topological polar surface area (TPSA) is 150 Å². The van der Waals surface area contributed by atoms with Crippen LogP contribution in [-0.2, 0) is 64.3 Å². The van der Waals surface area contributed by atoms with Crippen LogP contribution in [0.15, 0.2) is 183 Å². The van der Waals surface area contributed by atoms with Gasteiger partial charge in [0.2, 0.25) is 6.29 Å². The van der Waals surface area contributed by atoms with Crippen molar-refractivity contribution in [2.75, 3.05) is 26.9 Å². The maximum absolute atomic E-state index is 14.7. The normalized spacial score (nSPS) is 24.9. The zero-order valence-electron chi connectivity index (χ0n) is 40.0. The fourth-order valence-corrected chi connectivity index (χ4v) is 9.12. The molecule has 14 nitrogen and oxygen atoms in total. The predicted molar refractivity (Wildman–Crippen MR) is 265 cm³/mol. The Bertz CT molecular complexity index is 2610. The molecule has 6 aromatic carbocycles. The number of ether oxygens (including phenoxy) is 10. The summed E-state index contributed by atoms with van der Waals surface area (Å²) in [6.45, 7) is 4.69. The molecule has 72 heavy (non-hydrogen) atoms. The van der Waals surface area contributed by atoms with Crippen LogP contribution in [0, 0.1) is 0 Å². The quantitative estimate of drug-likeness (QED) is 0.0487. The van der Waals surface area contributed by atoms with E-state index in [-0.39, 0.29) is 57.4 Å². The Labute approximate surface area is 419 Å². The molecule has 2 fully saturated rings. The number of nitrogens with zero attached hydrogens (tertiary/aromatic N) is 1. The largest absolute Gasteiger partial charge is 0.497 e. The van der Waals surface area contributed by atoms with Crippen LogP contribution in [0.5, 0.6) is 11.5 Å². The Morgan fingerprint density at radius 1 is 0.528 bits per heavy atom.